The molecule has 0 aliphatic carbocycles. The third-order valence-corrected chi connectivity index (χ3v) is 2.22. The first-order chi connectivity index (χ1) is 6.74. The fraction of sp³-hybridized carbons (Fsp3) is 0.111. The van der Waals surface area contributed by atoms with Gasteiger partial charge in [-0.1, -0.05) is 17.7 Å². The van der Waals surface area contributed by atoms with Crippen LogP contribution >= 0.6 is 11.6 Å². The number of Topliss-reactive ketones (excluding diaryl/α,β-unsaturated/α-hetero) is 1. The zero-order chi connectivity index (χ0) is 10.1. The van der Waals surface area contributed by atoms with E-state index in [-0.39, 0.29) is 12.3 Å². The molecule has 2 heterocycles. The summed E-state index contributed by atoms with van der Waals surface area (Å²) >= 11 is 5.89. The van der Waals surface area contributed by atoms with Crippen LogP contribution in [0.25, 0.3) is 5.65 Å². The second kappa shape index (κ2) is 3.40. The topological polar surface area (TPSA) is 60.4 Å². The number of aromatic nitrogens is 2. The second-order valence-corrected chi connectivity index (χ2v) is 3.20. The third kappa shape index (κ3) is 1.29. The standard InChI is InChI=1S/C9H8ClN3O/c10-8-5-12-9-3-1-2-6(13(8)9)7(14)4-11/h1-3,5H,4,11H2. The summed E-state index contributed by atoms with van der Waals surface area (Å²) in [6.45, 7) is -0.0341. The van der Waals surface area contributed by atoms with Crippen LogP contribution in [0.15, 0.2) is 24.4 Å². The summed E-state index contributed by atoms with van der Waals surface area (Å²) in [5.41, 5.74) is 6.40. The monoisotopic (exact) mass is 209 g/mol. The molecule has 0 atom stereocenters. The van der Waals surface area contributed by atoms with Crippen LogP contribution in [-0.2, 0) is 0 Å². The molecule has 0 spiro atoms. The maximum Gasteiger partial charge on any atom is 0.193 e. The van der Waals surface area contributed by atoms with Gasteiger partial charge in [0.1, 0.15) is 10.8 Å². The number of nitrogens with zero attached hydrogens (tertiary/aromatic N) is 2. The van der Waals surface area contributed by atoms with Crippen LogP contribution in [0.4, 0.5) is 0 Å². The predicted octanol–water partition coefficient (Wildman–Crippen LogP) is 1.13. The van der Waals surface area contributed by atoms with Crippen molar-refractivity contribution in [3.8, 4) is 0 Å². The van der Waals surface area contributed by atoms with Crippen LogP contribution in [0.3, 0.4) is 0 Å². The Bertz CT molecular complexity index is 492. The summed E-state index contributed by atoms with van der Waals surface area (Å²) in [6, 6.07) is 5.20. The van der Waals surface area contributed by atoms with Crippen LogP contribution in [0, 0.1) is 0 Å². The number of hydrogen-bond acceptors (Lipinski definition) is 3. The Labute approximate surface area is 85.3 Å². The molecular weight excluding hydrogens is 202 g/mol. The zero-order valence-corrected chi connectivity index (χ0v) is 8.03. The van der Waals surface area contributed by atoms with E-state index in [2.05, 4.69) is 4.98 Å². The van der Waals surface area contributed by atoms with E-state index in [1.165, 1.54) is 6.20 Å². The molecular formula is C9H8ClN3O. The predicted molar refractivity (Wildman–Crippen MR) is 53.6 cm³/mol. The molecule has 72 valence electrons. The Kier molecular flexibility index (Phi) is 2.23. The number of nitrogens with two attached hydrogens (primary N) is 1. The van der Waals surface area contributed by atoms with E-state index in [1.807, 2.05) is 0 Å². The van der Waals surface area contributed by atoms with E-state index < -0.39 is 0 Å². The average Bonchev–Trinajstić information content (AvgIpc) is 2.59. The van der Waals surface area contributed by atoms with Gasteiger partial charge in [0, 0.05) is 0 Å². The van der Waals surface area contributed by atoms with Crippen molar-refractivity contribution in [3.05, 3.63) is 35.2 Å². The maximum atomic E-state index is 11.4. The van der Waals surface area contributed by atoms with Gasteiger partial charge in [-0.05, 0) is 12.1 Å². The maximum absolute atomic E-state index is 11.4. The molecule has 0 aromatic carbocycles. The Balaban J connectivity index is 2.75. The second-order valence-electron chi connectivity index (χ2n) is 2.81. The molecule has 0 saturated carbocycles. The number of rotatable bonds is 2. The number of ketones is 1. The quantitative estimate of drug-likeness (QED) is 0.755. The summed E-state index contributed by atoms with van der Waals surface area (Å²) in [5, 5.41) is 0.414. The van der Waals surface area contributed by atoms with Gasteiger partial charge >= 0.3 is 0 Å². The van der Waals surface area contributed by atoms with Crippen molar-refractivity contribution in [3.63, 3.8) is 0 Å². The molecule has 5 heteroatoms. The van der Waals surface area contributed by atoms with Gasteiger partial charge in [-0.25, -0.2) is 4.98 Å². The van der Waals surface area contributed by atoms with Crippen molar-refractivity contribution in [1.82, 2.24) is 9.38 Å². The molecule has 2 aromatic heterocycles. The number of fused-ring (bicyclic) bond motifs is 1. The summed E-state index contributed by atoms with van der Waals surface area (Å²) in [7, 11) is 0. The minimum absolute atomic E-state index is 0.0341. The van der Waals surface area contributed by atoms with Crippen LogP contribution in [0.2, 0.25) is 5.15 Å². The van der Waals surface area contributed by atoms with Crippen molar-refractivity contribution in [2.45, 2.75) is 0 Å². The first-order valence-corrected chi connectivity index (χ1v) is 4.47. The lowest BCUT2D eigenvalue weighted by atomic mass is 10.2. The molecule has 2 N–H and O–H groups in total. The Hall–Kier alpha value is -1.39. The van der Waals surface area contributed by atoms with Gasteiger partial charge in [-0.3, -0.25) is 9.20 Å². The molecule has 0 radical (unpaired) electrons. The Morgan fingerprint density at radius 1 is 1.57 bits per heavy atom. The number of halogens is 1. The highest BCUT2D eigenvalue weighted by Gasteiger charge is 2.10. The van der Waals surface area contributed by atoms with Crippen LogP contribution < -0.4 is 5.73 Å². The minimum atomic E-state index is -0.157. The average molecular weight is 210 g/mol. The van der Waals surface area contributed by atoms with E-state index in [9.17, 15) is 4.79 Å². The third-order valence-electron chi connectivity index (χ3n) is 1.96. The lowest BCUT2D eigenvalue weighted by Crippen LogP contribution is -2.16. The highest BCUT2D eigenvalue weighted by molar-refractivity contribution is 6.30. The SMILES string of the molecule is NCC(=O)c1cccc2ncc(Cl)n12. The van der Waals surface area contributed by atoms with E-state index in [1.54, 1.807) is 22.6 Å². The number of pyridine rings is 1. The van der Waals surface area contributed by atoms with Gasteiger partial charge in [0.25, 0.3) is 0 Å². The van der Waals surface area contributed by atoms with E-state index >= 15 is 0 Å². The molecule has 0 unspecified atom stereocenters. The molecule has 0 saturated heterocycles. The fourth-order valence-electron chi connectivity index (χ4n) is 1.32. The zero-order valence-electron chi connectivity index (χ0n) is 7.27. The van der Waals surface area contributed by atoms with Gasteiger partial charge in [-0.15, -0.1) is 0 Å². The number of imidazole rings is 1. The summed E-state index contributed by atoms with van der Waals surface area (Å²) in [6.07, 6.45) is 1.50. The normalized spacial score (nSPS) is 10.7. The van der Waals surface area contributed by atoms with Gasteiger partial charge < -0.3 is 5.73 Å². The smallest absolute Gasteiger partial charge is 0.193 e. The molecule has 0 aliphatic rings. The fourth-order valence-corrected chi connectivity index (χ4v) is 1.55. The molecule has 2 aromatic rings. The summed E-state index contributed by atoms with van der Waals surface area (Å²) < 4.78 is 1.58. The molecule has 0 amide bonds. The number of carbonyl (C=O) groups is 1. The van der Waals surface area contributed by atoms with Crippen LogP contribution in [-0.4, -0.2) is 21.7 Å². The minimum Gasteiger partial charge on any atom is -0.324 e. The summed E-state index contributed by atoms with van der Waals surface area (Å²) in [4.78, 5) is 15.5. The number of carbonyl (C=O) groups excluding carboxylic acids is 1. The molecule has 4 nitrogen and oxygen atoms in total. The van der Waals surface area contributed by atoms with E-state index in [0.29, 0.717) is 16.5 Å². The summed E-state index contributed by atoms with van der Waals surface area (Å²) in [5.74, 6) is -0.157. The Morgan fingerprint density at radius 2 is 2.36 bits per heavy atom. The molecule has 0 bridgehead atoms. The van der Waals surface area contributed by atoms with Gasteiger partial charge in [0.05, 0.1) is 18.4 Å². The van der Waals surface area contributed by atoms with Crippen LogP contribution in [0.1, 0.15) is 10.5 Å². The van der Waals surface area contributed by atoms with Crippen molar-refractivity contribution >= 4 is 23.0 Å². The lowest BCUT2D eigenvalue weighted by Gasteiger charge is -2.02. The van der Waals surface area contributed by atoms with E-state index in [0.717, 1.165) is 0 Å². The molecule has 14 heavy (non-hydrogen) atoms. The largest absolute Gasteiger partial charge is 0.324 e. The van der Waals surface area contributed by atoms with Crippen LogP contribution in [0.5, 0.6) is 0 Å². The highest BCUT2D eigenvalue weighted by Crippen LogP contribution is 2.15. The van der Waals surface area contributed by atoms with Gasteiger partial charge in [-0.2, -0.15) is 0 Å². The van der Waals surface area contributed by atoms with Gasteiger partial charge in [0.2, 0.25) is 0 Å². The highest BCUT2D eigenvalue weighted by atomic mass is 35.5. The first-order valence-electron chi connectivity index (χ1n) is 4.09. The lowest BCUT2D eigenvalue weighted by molar-refractivity contribution is 0.0995. The van der Waals surface area contributed by atoms with Crippen molar-refractivity contribution in [1.29, 1.82) is 0 Å². The first kappa shape index (κ1) is 9.18. The molecule has 0 fully saturated rings. The number of hydrogen-bond donors (Lipinski definition) is 1. The van der Waals surface area contributed by atoms with Gasteiger partial charge in [0.15, 0.2) is 5.78 Å². The molecule has 0 aliphatic heterocycles. The van der Waals surface area contributed by atoms with Crippen molar-refractivity contribution in [2.75, 3.05) is 6.54 Å². The Morgan fingerprint density at radius 3 is 3.07 bits per heavy atom. The van der Waals surface area contributed by atoms with Crippen molar-refractivity contribution < 1.29 is 4.79 Å². The molecule has 2 rings (SSSR count). The van der Waals surface area contributed by atoms with Crippen molar-refractivity contribution in [2.24, 2.45) is 5.73 Å². The van der Waals surface area contributed by atoms with E-state index in [4.69, 9.17) is 17.3 Å².